The van der Waals surface area contributed by atoms with Gasteiger partial charge in [-0.1, -0.05) is 11.6 Å². The lowest BCUT2D eigenvalue weighted by atomic mass is 10.1. The second-order valence-electron chi connectivity index (χ2n) is 6.12. The SMILES string of the molecule is O=C(c1nccn2ncc(Br)c12)N1CCC(Oc2ccc(Cl)cc2)CC1. The van der Waals surface area contributed by atoms with Crippen LogP contribution in [0.3, 0.4) is 0 Å². The molecule has 3 heterocycles. The number of rotatable bonds is 3. The molecule has 4 rings (SSSR count). The number of ether oxygens (including phenoxy) is 1. The molecule has 6 nitrogen and oxygen atoms in total. The summed E-state index contributed by atoms with van der Waals surface area (Å²) in [5.41, 5.74) is 1.10. The third-order valence-corrected chi connectivity index (χ3v) is 5.27. The van der Waals surface area contributed by atoms with Crippen LogP contribution in [0.2, 0.25) is 5.02 Å². The van der Waals surface area contributed by atoms with Gasteiger partial charge < -0.3 is 9.64 Å². The van der Waals surface area contributed by atoms with Crippen molar-refractivity contribution < 1.29 is 9.53 Å². The minimum Gasteiger partial charge on any atom is -0.490 e. The van der Waals surface area contributed by atoms with Crippen LogP contribution in [0.15, 0.2) is 47.3 Å². The predicted molar refractivity (Wildman–Crippen MR) is 102 cm³/mol. The molecule has 1 aliphatic rings. The van der Waals surface area contributed by atoms with Crippen molar-refractivity contribution in [3.63, 3.8) is 0 Å². The Kier molecular flexibility index (Phi) is 4.82. The predicted octanol–water partition coefficient (Wildman–Crippen LogP) is 3.83. The van der Waals surface area contributed by atoms with Gasteiger partial charge in [-0.25, -0.2) is 9.50 Å². The molecular formula is C18H16BrClN4O2. The fourth-order valence-corrected chi connectivity index (χ4v) is 3.68. The van der Waals surface area contributed by atoms with Crippen molar-refractivity contribution in [3.8, 4) is 5.75 Å². The molecule has 134 valence electrons. The second kappa shape index (κ2) is 7.25. The van der Waals surface area contributed by atoms with Crippen LogP contribution in [0.25, 0.3) is 5.52 Å². The highest BCUT2D eigenvalue weighted by Crippen LogP contribution is 2.24. The van der Waals surface area contributed by atoms with Crippen molar-refractivity contribution >= 4 is 39.0 Å². The number of hydrogen-bond donors (Lipinski definition) is 0. The van der Waals surface area contributed by atoms with Gasteiger partial charge in [-0.2, -0.15) is 5.10 Å². The summed E-state index contributed by atoms with van der Waals surface area (Å²) in [6.07, 6.45) is 6.63. The molecule has 1 fully saturated rings. The largest absolute Gasteiger partial charge is 0.490 e. The molecule has 0 aliphatic carbocycles. The number of benzene rings is 1. The van der Waals surface area contributed by atoms with Gasteiger partial charge in [0.15, 0.2) is 5.69 Å². The van der Waals surface area contributed by atoms with Gasteiger partial charge in [0.25, 0.3) is 5.91 Å². The van der Waals surface area contributed by atoms with Crippen molar-refractivity contribution in [2.75, 3.05) is 13.1 Å². The van der Waals surface area contributed by atoms with Gasteiger partial charge in [0.2, 0.25) is 0 Å². The lowest BCUT2D eigenvalue weighted by molar-refractivity contribution is 0.0591. The molecule has 0 radical (unpaired) electrons. The smallest absolute Gasteiger partial charge is 0.274 e. The molecule has 2 aromatic heterocycles. The average molecular weight is 436 g/mol. The van der Waals surface area contributed by atoms with Gasteiger partial charge in [-0.3, -0.25) is 4.79 Å². The molecule has 1 aromatic carbocycles. The van der Waals surface area contributed by atoms with E-state index in [1.54, 1.807) is 23.1 Å². The minimum absolute atomic E-state index is 0.0817. The van der Waals surface area contributed by atoms with Crippen LogP contribution in [0.4, 0.5) is 0 Å². The first kappa shape index (κ1) is 17.3. The second-order valence-corrected chi connectivity index (χ2v) is 7.42. The summed E-state index contributed by atoms with van der Waals surface area (Å²) in [6.45, 7) is 1.26. The van der Waals surface area contributed by atoms with Gasteiger partial charge in [0.05, 0.1) is 10.7 Å². The lowest BCUT2D eigenvalue weighted by Crippen LogP contribution is -2.42. The Morgan fingerprint density at radius 1 is 1.23 bits per heavy atom. The number of carbonyl (C=O) groups excluding carboxylic acids is 1. The summed E-state index contributed by atoms with van der Waals surface area (Å²) >= 11 is 9.33. The molecule has 0 atom stereocenters. The van der Waals surface area contributed by atoms with E-state index < -0.39 is 0 Å². The fraction of sp³-hybridized carbons (Fsp3) is 0.278. The van der Waals surface area contributed by atoms with E-state index in [4.69, 9.17) is 16.3 Å². The Morgan fingerprint density at radius 2 is 1.96 bits per heavy atom. The van der Waals surface area contributed by atoms with Crippen molar-refractivity contribution in [1.82, 2.24) is 19.5 Å². The topological polar surface area (TPSA) is 59.7 Å². The summed E-state index contributed by atoms with van der Waals surface area (Å²) in [6, 6.07) is 7.35. The summed E-state index contributed by atoms with van der Waals surface area (Å²) in [5, 5.41) is 4.89. The number of aromatic nitrogens is 3. The quantitative estimate of drug-likeness (QED) is 0.627. The Labute approximate surface area is 163 Å². The highest BCUT2D eigenvalue weighted by molar-refractivity contribution is 9.10. The molecule has 26 heavy (non-hydrogen) atoms. The van der Waals surface area contributed by atoms with E-state index in [1.165, 1.54) is 0 Å². The molecule has 3 aromatic rings. The molecule has 8 heteroatoms. The summed E-state index contributed by atoms with van der Waals surface area (Å²) in [4.78, 5) is 19.0. The first-order valence-corrected chi connectivity index (χ1v) is 9.48. The molecule has 0 bridgehead atoms. The first-order valence-electron chi connectivity index (χ1n) is 8.31. The lowest BCUT2D eigenvalue weighted by Gasteiger charge is -2.32. The number of nitrogens with zero attached hydrogens (tertiary/aromatic N) is 4. The van der Waals surface area contributed by atoms with Crippen LogP contribution in [0.5, 0.6) is 5.75 Å². The first-order chi connectivity index (χ1) is 12.6. The van der Waals surface area contributed by atoms with Gasteiger partial charge in [0, 0.05) is 43.3 Å². The molecule has 0 unspecified atom stereocenters. The molecule has 0 N–H and O–H groups in total. The molecule has 0 spiro atoms. The monoisotopic (exact) mass is 434 g/mol. The summed E-state index contributed by atoms with van der Waals surface area (Å²) in [5.74, 6) is 0.718. The highest BCUT2D eigenvalue weighted by Gasteiger charge is 2.27. The van der Waals surface area contributed by atoms with Gasteiger partial charge >= 0.3 is 0 Å². The molecule has 1 saturated heterocycles. The van der Waals surface area contributed by atoms with Crippen molar-refractivity contribution in [2.45, 2.75) is 18.9 Å². The fourth-order valence-electron chi connectivity index (χ4n) is 3.10. The number of piperidine rings is 1. The number of fused-ring (bicyclic) bond motifs is 1. The van der Waals surface area contributed by atoms with E-state index in [1.807, 2.05) is 29.2 Å². The van der Waals surface area contributed by atoms with Crippen LogP contribution >= 0.6 is 27.5 Å². The number of carbonyl (C=O) groups is 1. The molecular weight excluding hydrogens is 420 g/mol. The summed E-state index contributed by atoms with van der Waals surface area (Å²) in [7, 11) is 0. The number of amides is 1. The van der Waals surface area contributed by atoms with E-state index >= 15 is 0 Å². The van der Waals surface area contributed by atoms with Crippen LogP contribution < -0.4 is 4.74 Å². The molecule has 1 amide bonds. The van der Waals surface area contributed by atoms with Crippen molar-refractivity contribution in [1.29, 1.82) is 0 Å². The van der Waals surface area contributed by atoms with Crippen molar-refractivity contribution in [2.24, 2.45) is 0 Å². The number of halogens is 2. The third-order valence-electron chi connectivity index (χ3n) is 4.43. The zero-order valence-electron chi connectivity index (χ0n) is 13.8. The van der Waals surface area contributed by atoms with E-state index in [-0.39, 0.29) is 12.0 Å². The van der Waals surface area contributed by atoms with Crippen LogP contribution in [0, 0.1) is 0 Å². The Hall–Kier alpha value is -2.12. The van der Waals surface area contributed by atoms with Gasteiger partial charge in [-0.05, 0) is 40.2 Å². The van der Waals surface area contributed by atoms with Crippen LogP contribution in [-0.4, -0.2) is 44.6 Å². The van der Waals surface area contributed by atoms with Gasteiger partial charge in [0.1, 0.15) is 17.4 Å². The zero-order valence-corrected chi connectivity index (χ0v) is 16.2. The van der Waals surface area contributed by atoms with Gasteiger partial charge in [-0.15, -0.1) is 0 Å². The van der Waals surface area contributed by atoms with Crippen LogP contribution in [-0.2, 0) is 0 Å². The number of hydrogen-bond acceptors (Lipinski definition) is 4. The Balaban J connectivity index is 1.43. The maximum atomic E-state index is 12.9. The zero-order chi connectivity index (χ0) is 18.1. The normalized spacial score (nSPS) is 15.4. The van der Waals surface area contributed by atoms with E-state index in [9.17, 15) is 4.79 Å². The summed E-state index contributed by atoms with van der Waals surface area (Å²) < 4.78 is 8.40. The highest BCUT2D eigenvalue weighted by atomic mass is 79.9. The minimum atomic E-state index is -0.0817. The Bertz CT molecular complexity index is 936. The average Bonchev–Trinajstić information content (AvgIpc) is 3.05. The maximum absolute atomic E-state index is 12.9. The standard InChI is InChI=1S/C18H16BrClN4O2/c19-15-11-22-24-10-7-21-16(17(15)24)18(25)23-8-5-14(6-9-23)26-13-3-1-12(20)2-4-13/h1-4,7,10-11,14H,5-6,8-9H2. The van der Waals surface area contributed by atoms with Crippen molar-refractivity contribution in [3.05, 3.63) is 58.0 Å². The van der Waals surface area contributed by atoms with E-state index in [0.717, 1.165) is 23.1 Å². The van der Waals surface area contributed by atoms with E-state index in [0.29, 0.717) is 29.3 Å². The molecule has 0 saturated carbocycles. The maximum Gasteiger partial charge on any atom is 0.274 e. The Morgan fingerprint density at radius 3 is 2.69 bits per heavy atom. The van der Waals surface area contributed by atoms with Crippen LogP contribution in [0.1, 0.15) is 23.3 Å². The number of likely N-dealkylation sites (tertiary alicyclic amines) is 1. The third kappa shape index (κ3) is 3.41. The molecule has 1 aliphatic heterocycles. The van der Waals surface area contributed by atoms with E-state index in [2.05, 4.69) is 26.0 Å².